The van der Waals surface area contributed by atoms with Gasteiger partial charge in [-0.1, -0.05) is 31.6 Å². The van der Waals surface area contributed by atoms with E-state index in [0.29, 0.717) is 0 Å². The highest BCUT2D eigenvalue weighted by molar-refractivity contribution is 5.56. The molecule has 0 heterocycles. The average Bonchev–Trinajstić information content (AvgIpc) is 2.28. The minimum absolute atomic E-state index is 0.171. The minimum Gasteiger partial charge on any atom is -0.313 e. The van der Waals surface area contributed by atoms with Gasteiger partial charge in [0.25, 0.3) is 0 Å². The Hall–Kier alpha value is -1.15. The third kappa shape index (κ3) is 3.78. The molecule has 0 saturated heterocycles. The van der Waals surface area contributed by atoms with Gasteiger partial charge in [-0.15, -0.1) is 0 Å². The van der Waals surface area contributed by atoms with E-state index in [1.807, 2.05) is 13.0 Å². The van der Waals surface area contributed by atoms with E-state index in [0.717, 1.165) is 30.6 Å². The predicted octanol–water partition coefficient (Wildman–Crippen LogP) is 3.54. The zero-order valence-corrected chi connectivity index (χ0v) is 10.3. The molecule has 16 heavy (non-hydrogen) atoms. The molecule has 0 radical (unpaired) electrons. The van der Waals surface area contributed by atoms with Crippen LogP contribution >= 0.6 is 0 Å². The molecule has 0 unspecified atom stereocenters. The van der Waals surface area contributed by atoms with Gasteiger partial charge in [-0.2, -0.15) is 0 Å². The van der Waals surface area contributed by atoms with Crippen LogP contribution in [0.2, 0.25) is 0 Å². The van der Waals surface area contributed by atoms with Crippen molar-refractivity contribution in [3.8, 4) is 0 Å². The predicted molar refractivity (Wildman–Crippen MR) is 67.9 cm³/mol. The van der Waals surface area contributed by atoms with Gasteiger partial charge in [0.2, 0.25) is 0 Å². The summed E-state index contributed by atoms with van der Waals surface area (Å²) in [6.45, 7) is 8.05. The molecule has 88 valence electrons. The number of nitrogens with one attached hydrogen (secondary N) is 1. The molecule has 0 saturated carbocycles. The maximum atomic E-state index is 13.1. The molecule has 0 aliphatic rings. The summed E-state index contributed by atoms with van der Waals surface area (Å²) < 4.78 is 13.1. The van der Waals surface area contributed by atoms with Crippen LogP contribution in [0.1, 0.15) is 31.4 Å². The summed E-state index contributed by atoms with van der Waals surface area (Å²) in [7, 11) is 0. The molecule has 0 aliphatic carbocycles. The Labute approximate surface area is 97.4 Å². The molecule has 1 aromatic carbocycles. The lowest BCUT2D eigenvalue weighted by molar-refractivity contribution is 0.627. The second-order valence-electron chi connectivity index (χ2n) is 3.94. The van der Waals surface area contributed by atoms with Crippen LogP contribution < -0.4 is 5.32 Å². The van der Waals surface area contributed by atoms with Crippen molar-refractivity contribution < 1.29 is 4.39 Å². The smallest absolute Gasteiger partial charge is 0.123 e. The molecule has 1 aromatic rings. The molecule has 0 aromatic heterocycles. The van der Waals surface area contributed by atoms with E-state index >= 15 is 0 Å². The van der Waals surface area contributed by atoms with Crippen molar-refractivity contribution in [3.05, 3.63) is 40.7 Å². The van der Waals surface area contributed by atoms with E-state index in [4.69, 9.17) is 0 Å². The van der Waals surface area contributed by atoms with Gasteiger partial charge in [-0.05, 0) is 43.1 Å². The summed E-state index contributed by atoms with van der Waals surface area (Å²) in [5.74, 6) is -0.171. The van der Waals surface area contributed by atoms with Crippen molar-refractivity contribution in [2.45, 2.75) is 27.2 Å². The molecule has 0 atom stereocenters. The fraction of sp³-hybridized carbons (Fsp3) is 0.429. The van der Waals surface area contributed by atoms with Crippen molar-refractivity contribution in [2.75, 3.05) is 13.1 Å². The Balaban J connectivity index is 2.89. The second-order valence-corrected chi connectivity index (χ2v) is 3.94. The second kappa shape index (κ2) is 6.44. The van der Waals surface area contributed by atoms with Gasteiger partial charge in [0.05, 0.1) is 0 Å². The lowest BCUT2D eigenvalue weighted by atomic mass is 10.0. The van der Waals surface area contributed by atoms with Gasteiger partial charge < -0.3 is 5.32 Å². The summed E-state index contributed by atoms with van der Waals surface area (Å²) >= 11 is 0. The number of halogens is 1. The van der Waals surface area contributed by atoms with E-state index < -0.39 is 0 Å². The molecule has 0 spiro atoms. The molecule has 1 N–H and O–H groups in total. The van der Waals surface area contributed by atoms with Gasteiger partial charge >= 0.3 is 0 Å². The molecule has 0 amide bonds. The first-order valence-corrected chi connectivity index (χ1v) is 5.83. The highest BCUT2D eigenvalue weighted by Gasteiger charge is 2.00. The number of hydrogen-bond donors (Lipinski definition) is 1. The van der Waals surface area contributed by atoms with Crippen LogP contribution in [0.25, 0.3) is 6.08 Å². The summed E-state index contributed by atoms with van der Waals surface area (Å²) in [4.78, 5) is 0. The van der Waals surface area contributed by atoms with Gasteiger partial charge in [-0.25, -0.2) is 4.39 Å². The normalized spacial score (nSPS) is 11.9. The maximum Gasteiger partial charge on any atom is 0.123 e. The maximum absolute atomic E-state index is 13.1. The van der Waals surface area contributed by atoms with Crippen molar-refractivity contribution >= 4 is 6.08 Å². The minimum atomic E-state index is -0.171. The Morgan fingerprint density at radius 3 is 2.75 bits per heavy atom. The molecule has 0 aliphatic heterocycles. The Kier molecular flexibility index (Phi) is 5.20. The van der Waals surface area contributed by atoms with Crippen LogP contribution in [-0.4, -0.2) is 13.1 Å². The standard InChI is InChI=1S/C14H20FN/c1-4-12(10-16-5-2)8-13-9-14(15)7-6-11(13)3/h6-9,16H,4-5,10H2,1-3H3/b12-8+. The first-order valence-electron chi connectivity index (χ1n) is 5.83. The van der Waals surface area contributed by atoms with Crippen LogP contribution in [0, 0.1) is 12.7 Å². The monoisotopic (exact) mass is 221 g/mol. The van der Waals surface area contributed by atoms with Crippen LogP contribution in [-0.2, 0) is 0 Å². The summed E-state index contributed by atoms with van der Waals surface area (Å²) in [5, 5.41) is 3.29. The summed E-state index contributed by atoms with van der Waals surface area (Å²) in [6, 6.07) is 4.92. The Morgan fingerprint density at radius 2 is 2.12 bits per heavy atom. The number of aryl methyl sites for hydroxylation is 1. The van der Waals surface area contributed by atoms with Gasteiger partial charge in [0.1, 0.15) is 5.82 Å². The van der Waals surface area contributed by atoms with Crippen LogP contribution in [0.3, 0.4) is 0 Å². The average molecular weight is 221 g/mol. The highest BCUT2D eigenvalue weighted by Crippen LogP contribution is 2.15. The fourth-order valence-electron chi connectivity index (χ4n) is 1.55. The Bertz CT molecular complexity index is 369. The first-order chi connectivity index (χ1) is 7.67. The van der Waals surface area contributed by atoms with Crippen LogP contribution in [0.5, 0.6) is 0 Å². The zero-order valence-electron chi connectivity index (χ0n) is 10.3. The fourth-order valence-corrected chi connectivity index (χ4v) is 1.55. The number of hydrogen-bond acceptors (Lipinski definition) is 1. The summed E-state index contributed by atoms with van der Waals surface area (Å²) in [6.07, 6.45) is 3.07. The lowest BCUT2D eigenvalue weighted by Crippen LogP contribution is -2.15. The number of likely N-dealkylation sites (N-methyl/N-ethyl adjacent to an activating group) is 1. The van der Waals surface area contributed by atoms with Gasteiger partial charge in [-0.3, -0.25) is 0 Å². The number of rotatable bonds is 5. The quantitative estimate of drug-likeness (QED) is 0.802. The van der Waals surface area contributed by atoms with E-state index in [-0.39, 0.29) is 5.82 Å². The lowest BCUT2D eigenvalue weighted by Gasteiger charge is -2.07. The van der Waals surface area contributed by atoms with E-state index in [1.54, 1.807) is 6.07 Å². The number of benzene rings is 1. The van der Waals surface area contributed by atoms with Crippen molar-refractivity contribution in [1.29, 1.82) is 0 Å². The molecule has 0 fully saturated rings. The molecule has 1 nitrogen and oxygen atoms in total. The largest absolute Gasteiger partial charge is 0.313 e. The highest BCUT2D eigenvalue weighted by atomic mass is 19.1. The molecule has 1 rings (SSSR count). The zero-order chi connectivity index (χ0) is 12.0. The van der Waals surface area contributed by atoms with Gasteiger partial charge in [0.15, 0.2) is 0 Å². The Morgan fingerprint density at radius 1 is 1.38 bits per heavy atom. The van der Waals surface area contributed by atoms with E-state index in [9.17, 15) is 4.39 Å². The van der Waals surface area contributed by atoms with Crippen molar-refractivity contribution in [1.82, 2.24) is 5.32 Å². The SMILES string of the molecule is CCNC/C(=C/c1cc(F)ccc1C)CC. The van der Waals surface area contributed by atoms with Crippen molar-refractivity contribution in [2.24, 2.45) is 0 Å². The molecular formula is C14H20FN. The molecular weight excluding hydrogens is 201 g/mol. The summed E-state index contributed by atoms with van der Waals surface area (Å²) in [5.41, 5.74) is 3.40. The van der Waals surface area contributed by atoms with Gasteiger partial charge in [0, 0.05) is 6.54 Å². The van der Waals surface area contributed by atoms with E-state index in [1.165, 1.54) is 11.6 Å². The van der Waals surface area contributed by atoms with Crippen molar-refractivity contribution in [3.63, 3.8) is 0 Å². The molecule has 2 heteroatoms. The first kappa shape index (κ1) is 12.9. The van der Waals surface area contributed by atoms with Crippen LogP contribution in [0.15, 0.2) is 23.8 Å². The molecule has 0 bridgehead atoms. The third-order valence-corrected chi connectivity index (χ3v) is 2.66. The van der Waals surface area contributed by atoms with Crippen LogP contribution in [0.4, 0.5) is 4.39 Å². The van der Waals surface area contributed by atoms with E-state index in [2.05, 4.69) is 25.2 Å². The third-order valence-electron chi connectivity index (χ3n) is 2.66. The topological polar surface area (TPSA) is 12.0 Å².